The predicted molar refractivity (Wildman–Crippen MR) is 91.4 cm³/mol. The fraction of sp³-hybridized carbons (Fsp3) is 0.385. The first-order valence-electron chi connectivity index (χ1n) is 6.78. The smallest absolute Gasteiger partial charge is 0.339 e. The minimum Gasteiger partial charge on any atom is -0.492 e. The quantitative estimate of drug-likeness (QED) is 0.299. The van der Waals surface area contributed by atoms with Crippen LogP contribution in [0.2, 0.25) is 10.0 Å². The van der Waals surface area contributed by atoms with Crippen molar-refractivity contribution in [2.24, 2.45) is 0 Å². The molecule has 0 atom stereocenters. The Morgan fingerprint density at radius 3 is 2.28 bits per heavy atom. The second kappa shape index (κ2) is 12.1. The van der Waals surface area contributed by atoms with Crippen LogP contribution in [-0.2, 0) is 14.2 Å². The molecule has 0 aliphatic rings. The van der Waals surface area contributed by atoms with E-state index in [9.17, 15) is 14.2 Å². The highest BCUT2D eigenvalue weighted by molar-refractivity contribution is 7.51. The maximum absolute atomic E-state index is 10.2. The van der Waals surface area contributed by atoms with E-state index in [2.05, 4.69) is 5.32 Å². The fourth-order valence-corrected chi connectivity index (χ4v) is 2.17. The summed E-state index contributed by atoms with van der Waals surface area (Å²) in [5.41, 5.74) is 0. The van der Waals surface area contributed by atoms with Gasteiger partial charge in [0.1, 0.15) is 5.75 Å². The lowest BCUT2D eigenvalue weighted by Gasteiger charge is -2.06. The summed E-state index contributed by atoms with van der Waals surface area (Å²) in [5, 5.41) is 19.4. The zero-order valence-electron chi connectivity index (χ0n) is 12.9. The maximum atomic E-state index is 10.2. The Labute approximate surface area is 153 Å². The van der Waals surface area contributed by atoms with Crippen molar-refractivity contribution in [3.63, 3.8) is 0 Å². The number of nitrogens with one attached hydrogen (secondary N) is 1. The van der Waals surface area contributed by atoms with Gasteiger partial charge in [0, 0.05) is 11.4 Å². The third kappa shape index (κ3) is 14.7. The molecular formula is C13H18Cl2NO8P. The van der Waals surface area contributed by atoms with E-state index in [0.717, 1.165) is 0 Å². The topological polar surface area (TPSA) is 153 Å². The molecule has 1 rings (SSSR count). The first-order valence-corrected chi connectivity index (χ1v) is 9.33. The van der Waals surface area contributed by atoms with Gasteiger partial charge >= 0.3 is 19.5 Å². The molecule has 0 fully saturated rings. The zero-order chi connectivity index (χ0) is 19.5. The monoisotopic (exact) mass is 417 g/mol. The maximum Gasteiger partial charge on any atom is 0.339 e. The van der Waals surface area contributed by atoms with Crippen molar-refractivity contribution in [1.82, 2.24) is 5.32 Å². The summed E-state index contributed by atoms with van der Waals surface area (Å²) in [6, 6.07) is 4.90. The molecule has 0 heterocycles. The Morgan fingerprint density at radius 1 is 1.16 bits per heavy atom. The van der Waals surface area contributed by atoms with Crippen molar-refractivity contribution < 1.29 is 38.9 Å². The van der Waals surface area contributed by atoms with Crippen LogP contribution in [0.5, 0.6) is 5.75 Å². The highest BCUT2D eigenvalue weighted by Crippen LogP contribution is 2.31. The molecule has 0 aliphatic carbocycles. The molecule has 142 valence electrons. The van der Waals surface area contributed by atoms with Gasteiger partial charge in [0.15, 0.2) is 0 Å². The van der Waals surface area contributed by atoms with Crippen molar-refractivity contribution >= 4 is 42.7 Å². The Kier molecular flexibility index (Phi) is 11.4. The molecule has 0 aliphatic heterocycles. The molecule has 0 saturated carbocycles. The molecular weight excluding hydrogens is 400 g/mol. The number of hydrogen-bond acceptors (Lipinski definition) is 5. The largest absolute Gasteiger partial charge is 0.492 e. The van der Waals surface area contributed by atoms with Gasteiger partial charge in [-0.3, -0.25) is 19.5 Å². The zero-order valence-corrected chi connectivity index (χ0v) is 15.3. The molecule has 12 heteroatoms. The van der Waals surface area contributed by atoms with Crippen LogP contribution in [0.1, 0.15) is 12.8 Å². The average molecular weight is 418 g/mol. The fourth-order valence-electron chi connectivity index (χ4n) is 1.31. The van der Waals surface area contributed by atoms with Crippen LogP contribution in [0.15, 0.2) is 18.2 Å². The summed E-state index contributed by atoms with van der Waals surface area (Å²) in [6.07, 6.45) is -0.0567. The van der Waals surface area contributed by atoms with E-state index in [0.29, 0.717) is 28.8 Å². The second-order valence-corrected chi connectivity index (χ2v) is 7.05. The number of carbonyl (C=O) groups is 2. The summed E-state index contributed by atoms with van der Waals surface area (Å²) in [5.74, 6) is -1.46. The number of ether oxygens (including phenoxy) is 1. The van der Waals surface area contributed by atoms with Gasteiger partial charge in [-0.1, -0.05) is 23.2 Å². The van der Waals surface area contributed by atoms with Gasteiger partial charge in [-0.15, -0.1) is 0 Å². The molecule has 5 N–H and O–H groups in total. The normalized spacial score (nSPS) is 10.6. The van der Waals surface area contributed by atoms with Gasteiger partial charge in [-0.05, 0) is 24.6 Å². The minimum atomic E-state index is -4.10. The van der Waals surface area contributed by atoms with Crippen LogP contribution in [0.25, 0.3) is 0 Å². The van der Waals surface area contributed by atoms with Gasteiger partial charge < -0.3 is 24.7 Å². The number of hydrogen-bond donors (Lipinski definition) is 5. The number of rotatable bonds is 9. The molecule has 0 amide bonds. The predicted octanol–water partition coefficient (Wildman–Crippen LogP) is 2.03. The average Bonchev–Trinajstić information content (AvgIpc) is 2.44. The number of aliphatic carboxylic acids is 2. The van der Waals surface area contributed by atoms with Crippen molar-refractivity contribution in [2.75, 3.05) is 19.4 Å². The van der Waals surface area contributed by atoms with Crippen LogP contribution in [-0.4, -0.2) is 51.4 Å². The third-order valence-corrected chi connectivity index (χ3v) is 3.45. The van der Waals surface area contributed by atoms with Gasteiger partial charge in [-0.25, -0.2) is 0 Å². The van der Waals surface area contributed by atoms with E-state index in [1.807, 2.05) is 0 Å². The number of carboxylic acids is 2. The summed E-state index contributed by atoms with van der Waals surface area (Å²) >= 11 is 11.5. The van der Waals surface area contributed by atoms with Crippen molar-refractivity contribution in [3.8, 4) is 5.75 Å². The summed E-state index contributed by atoms with van der Waals surface area (Å²) in [4.78, 5) is 36.4. The lowest BCUT2D eigenvalue weighted by Crippen LogP contribution is -2.23. The number of halogens is 2. The third-order valence-electron chi connectivity index (χ3n) is 2.28. The molecule has 1 aromatic carbocycles. The van der Waals surface area contributed by atoms with E-state index >= 15 is 0 Å². The standard InChI is InChI=1S/C10H10Cl2O3.C3H8NO5P/c11-7-3-4-9(8(12)6-7)15-5-1-2-10(13)14;5-3(6)1-4-2-10(7,8)9/h3-4,6H,1-2,5H2,(H,13,14);4H,1-2H2,(H,5,6)(H2,7,8,9). The van der Waals surface area contributed by atoms with Gasteiger partial charge in [0.2, 0.25) is 0 Å². The first kappa shape index (κ1) is 23.6. The Bertz CT molecular complexity index is 622. The number of benzene rings is 1. The highest BCUT2D eigenvalue weighted by atomic mass is 35.5. The molecule has 0 saturated heterocycles. The SMILES string of the molecule is O=C(O)CCCOc1ccc(Cl)cc1Cl.O=C(O)CNCP(=O)(O)O. The van der Waals surface area contributed by atoms with Crippen molar-refractivity contribution in [1.29, 1.82) is 0 Å². The van der Waals surface area contributed by atoms with E-state index < -0.39 is 32.4 Å². The van der Waals surface area contributed by atoms with E-state index in [4.69, 9.17) is 47.9 Å². The molecule has 9 nitrogen and oxygen atoms in total. The molecule has 25 heavy (non-hydrogen) atoms. The molecule has 0 spiro atoms. The lowest BCUT2D eigenvalue weighted by molar-refractivity contribution is -0.137. The van der Waals surface area contributed by atoms with Crippen LogP contribution < -0.4 is 10.1 Å². The summed E-state index contributed by atoms with van der Waals surface area (Å²) < 4.78 is 15.3. The van der Waals surface area contributed by atoms with Gasteiger partial charge in [-0.2, -0.15) is 0 Å². The Morgan fingerprint density at radius 2 is 1.80 bits per heavy atom. The number of carboxylic acid groups (broad SMARTS) is 2. The second-order valence-electron chi connectivity index (χ2n) is 4.56. The molecule has 1 aromatic rings. The lowest BCUT2D eigenvalue weighted by atomic mass is 10.3. The molecule has 0 unspecified atom stereocenters. The Balaban J connectivity index is 0.000000504. The van der Waals surface area contributed by atoms with E-state index in [1.165, 1.54) is 0 Å². The van der Waals surface area contributed by atoms with Crippen LogP contribution in [0, 0.1) is 0 Å². The van der Waals surface area contributed by atoms with Gasteiger partial charge in [0.05, 0.1) is 24.5 Å². The molecule has 0 bridgehead atoms. The minimum absolute atomic E-state index is 0.0885. The van der Waals surface area contributed by atoms with Crippen molar-refractivity contribution in [2.45, 2.75) is 12.8 Å². The van der Waals surface area contributed by atoms with Gasteiger partial charge in [0.25, 0.3) is 0 Å². The van der Waals surface area contributed by atoms with Crippen molar-refractivity contribution in [3.05, 3.63) is 28.2 Å². The van der Waals surface area contributed by atoms with Crippen LogP contribution >= 0.6 is 30.8 Å². The highest BCUT2D eigenvalue weighted by Gasteiger charge is 2.11. The first-order chi connectivity index (χ1) is 11.5. The van der Waals surface area contributed by atoms with Crippen LogP contribution in [0.4, 0.5) is 0 Å². The molecule has 0 aromatic heterocycles. The summed E-state index contributed by atoms with van der Waals surface area (Å²) in [7, 11) is -4.10. The molecule has 0 radical (unpaired) electrons. The van der Waals surface area contributed by atoms with Crippen LogP contribution in [0.3, 0.4) is 0 Å². The van der Waals surface area contributed by atoms with E-state index in [1.54, 1.807) is 18.2 Å². The summed E-state index contributed by atoms with van der Waals surface area (Å²) in [6.45, 7) is -0.112. The van der Waals surface area contributed by atoms with E-state index in [-0.39, 0.29) is 6.42 Å². The Hall–Kier alpha value is -1.35.